The fraction of sp³-hybridized carbons (Fsp3) is 0.636. The summed E-state index contributed by atoms with van der Waals surface area (Å²) in [6.45, 7) is 3.57. The maximum atomic E-state index is 13.4. The molecule has 3 aliphatic heterocycles. The summed E-state index contributed by atoms with van der Waals surface area (Å²) in [6.07, 6.45) is 5.09. The molecular formula is C22H30N4O6S. The van der Waals surface area contributed by atoms with Crippen LogP contribution in [0.25, 0.3) is 0 Å². The van der Waals surface area contributed by atoms with Gasteiger partial charge in [-0.25, -0.2) is 0 Å². The van der Waals surface area contributed by atoms with Crippen LogP contribution in [0, 0.1) is 5.41 Å². The third kappa shape index (κ3) is 5.52. The lowest BCUT2D eigenvalue weighted by Crippen LogP contribution is -2.61. The number of thioether (sulfide) groups is 1. The van der Waals surface area contributed by atoms with Crippen LogP contribution in [-0.2, 0) is 19.1 Å². The van der Waals surface area contributed by atoms with Crippen molar-refractivity contribution in [2.45, 2.75) is 38.3 Å². The molecule has 1 aromatic rings. The summed E-state index contributed by atoms with van der Waals surface area (Å²) in [7, 11) is 0. The molecule has 1 spiro atoms. The maximum Gasteiger partial charge on any atom is 0.254 e. The molecule has 4 amide bonds. The summed E-state index contributed by atoms with van der Waals surface area (Å²) in [4.78, 5) is 53.5. The van der Waals surface area contributed by atoms with E-state index in [0.717, 1.165) is 19.3 Å². The molecule has 0 aliphatic carbocycles. The number of carbonyl (C=O) groups excluding carboxylic acids is 4. The summed E-state index contributed by atoms with van der Waals surface area (Å²) in [5.41, 5.74) is 0.222. The van der Waals surface area contributed by atoms with Crippen LogP contribution >= 0.6 is 11.8 Å². The van der Waals surface area contributed by atoms with Crippen LogP contribution in [0.3, 0.4) is 0 Å². The zero-order valence-electron chi connectivity index (χ0n) is 18.7. The number of hydrogen-bond donors (Lipinski definition) is 2. The number of likely N-dealkylation sites (tertiary alicyclic amines) is 1. The van der Waals surface area contributed by atoms with Crippen molar-refractivity contribution < 1.29 is 28.3 Å². The number of furan rings is 1. The quantitative estimate of drug-likeness (QED) is 0.630. The number of ether oxygens (including phenoxy) is 1. The van der Waals surface area contributed by atoms with E-state index in [1.165, 1.54) is 25.5 Å². The summed E-state index contributed by atoms with van der Waals surface area (Å²) in [6, 6.07) is 0.824. The number of carbonyl (C=O) groups is 4. The molecule has 2 atom stereocenters. The van der Waals surface area contributed by atoms with Crippen molar-refractivity contribution in [1.82, 2.24) is 20.4 Å². The number of rotatable bonds is 5. The van der Waals surface area contributed by atoms with Gasteiger partial charge in [0.2, 0.25) is 17.7 Å². The molecule has 1 unspecified atom stereocenters. The molecule has 3 saturated heterocycles. The lowest BCUT2D eigenvalue weighted by Gasteiger charge is -2.49. The molecule has 0 radical (unpaired) electrons. The van der Waals surface area contributed by atoms with Crippen molar-refractivity contribution in [3.8, 4) is 0 Å². The third-order valence-corrected chi connectivity index (χ3v) is 7.65. The molecule has 11 heteroatoms. The molecule has 4 heterocycles. The van der Waals surface area contributed by atoms with Crippen LogP contribution in [0.15, 0.2) is 23.0 Å². The Kier molecular flexibility index (Phi) is 7.28. The van der Waals surface area contributed by atoms with Gasteiger partial charge in [-0.2, -0.15) is 0 Å². The Bertz CT molecular complexity index is 885. The molecule has 3 fully saturated rings. The minimum atomic E-state index is -0.465. The maximum absolute atomic E-state index is 13.4. The van der Waals surface area contributed by atoms with E-state index >= 15 is 0 Å². The van der Waals surface area contributed by atoms with Crippen LogP contribution in [0.2, 0.25) is 0 Å². The Labute approximate surface area is 196 Å². The first-order valence-corrected chi connectivity index (χ1v) is 12.3. The molecule has 180 valence electrons. The second-order valence-electron chi connectivity index (χ2n) is 9.00. The van der Waals surface area contributed by atoms with E-state index in [1.54, 1.807) is 16.7 Å². The predicted molar refractivity (Wildman–Crippen MR) is 120 cm³/mol. The van der Waals surface area contributed by atoms with Crippen molar-refractivity contribution in [2.24, 2.45) is 5.41 Å². The van der Waals surface area contributed by atoms with E-state index in [9.17, 15) is 19.2 Å². The molecular weight excluding hydrogens is 448 g/mol. The summed E-state index contributed by atoms with van der Waals surface area (Å²) in [5, 5.41) is 5.59. The lowest BCUT2D eigenvalue weighted by atomic mass is 9.72. The van der Waals surface area contributed by atoms with Crippen LogP contribution in [0.4, 0.5) is 0 Å². The Morgan fingerprint density at radius 3 is 2.73 bits per heavy atom. The number of nitrogens with one attached hydrogen (secondary N) is 2. The van der Waals surface area contributed by atoms with Gasteiger partial charge in [-0.1, -0.05) is 0 Å². The largest absolute Gasteiger partial charge is 0.472 e. The van der Waals surface area contributed by atoms with Gasteiger partial charge in [-0.15, -0.1) is 11.8 Å². The Morgan fingerprint density at radius 1 is 1.24 bits per heavy atom. The highest BCUT2D eigenvalue weighted by molar-refractivity contribution is 7.99. The Hall–Kier alpha value is -2.53. The van der Waals surface area contributed by atoms with Gasteiger partial charge < -0.3 is 29.6 Å². The molecule has 1 aromatic heterocycles. The van der Waals surface area contributed by atoms with E-state index in [0.29, 0.717) is 43.5 Å². The van der Waals surface area contributed by atoms with Gasteiger partial charge in [0.1, 0.15) is 12.3 Å². The smallest absolute Gasteiger partial charge is 0.254 e. The van der Waals surface area contributed by atoms with Crippen molar-refractivity contribution in [3.05, 3.63) is 24.2 Å². The van der Waals surface area contributed by atoms with Crippen LogP contribution < -0.4 is 10.6 Å². The number of hydrogen-bond acceptors (Lipinski definition) is 7. The molecule has 0 aromatic carbocycles. The highest BCUT2D eigenvalue weighted by Crippen LogP contribution is 2.40. The monoisotopic (exact) mass is 478 g/mol. The fourth-order valence-corrected chi connectivity index (χ4v) is 6.13. The summed E-state index contributed by atoms with van der Waals surface area (Å²) >= 11 is 1.58. The van der Waals surface area contributed by atoms with E-state index in [1.807, 2.05) is 4.90 Å². The normalized spacial score (nSPS) is 24.5. The summed E-state index contributed by atoms with van der Waals surface area (Å²) < 4.78 is 10.4. The molecule has 10 nitrogen and oxygen atoms in total. The summed E-state index contributed by atoms with van der Waals surface area (Å²) in [5.74, 6) is 0.248. The molecule has 3 aliphatic rings. The second kappa shape index (κ2) is 10.2. The van der Waals surface area contributed by atoms with Gasteiger partial charge in [-0.3, -0.25) is 19.2 Å². The van der Waals surface area contributed by atoms with Gasteiger partial charge in [0.05, 0.1) is 24.2 Å². The second-order valence-corrected chi connectivity index (χ2v) is 10.00. The Balaban J connectivity index is 1.41. The van der Waals surface area contributed by atoms with E-state index in [2.05, 4.69) is 10.6 Å². The SMILES string of the molecule is CC(=O)N1CSC[C@@H]1C(=O)N1CC(NC(=O)CNC(=O)c2ccoc2)CC2(CCOCC2)C1. The van der Waals surface area contributed by atoms with Crippen LogP contribution in [-0.4, -0.2) is 90.0 Å². The number of amides is 4. The Morgan fingerprint density at radius 2 is 2.03 bits per heavy atom. The molecule has 2 N–H and O–H groups in total. The van der Waals surface area contributed by atoms with Crippen molar-refractivity contribution in [2.75, 3.05) is 44.5 Å². The topological polar surface area (TPSA) is 121 Å². The zero-order chi connectivity index (χ0) is 23.4. The first-order valence-electron chi connectivity index (χ1n) is 11.2. The van der Waals surface area contributed by atoms with Crippen molar-refractivity contribution in [1.29, 1.82) is 0 Å². The standard InChI is InChI=1S/C22H30N4O6S/c1-15(27)26-14-33-12-18(26)21(30)25-10-17(8-22(13-25)3-6-31-7-4-22)24-19(28)9-23-20(29)16-2-5-32-11-16/h2,5,11,17-18H,3-4,6-10,12-14H2,1H3,(H,23,29)(H,24,28)/t17?,18-/m1/s1. The molecule has 0 saturated carbocycles. The fourth-order valence-electron chi connectivity index (χ4n) is 4.92. The average Bonchev–Trinajstić information content (AvgIpc) is 3.49. The van der Waals surface area contributed by atoms with Crippen molar-refractivity contribution >= 4 is 35.4 Å². The van der Waals surface area contributed by atoms with Gasteiger partial charge >= 0.3 is 0 Å². The van der Waals surface area contributed by atoms with Crippen LogP contribution in [0.1, 0.15) is 36.5 Å². The van der Waals surface area contributed by atoms with Gasteiger partial charge in [0, 0.05) is 45.0 Å². The molecule has 4 rings (SSSR count). The van der Waals surface area contributed by atoms with Gasteiger partial charge in [0.25, 0.3) is 5.91 Å². The van der Waals surface area contributed by atoms with Gasteiger partial charge in [0.15, 0.2) is 0 Å². The first-order chi connectivity index (χ1) is 15.9. The highest BCUT2D eigenvalue weighted by Gasteiger charge is 2.45. The van der Waals surface area contributed by atoms with Crippen molar-refractivity contribution in [3.63, 3.8) is 0 Å². The van der Waals surface area contributed by atoms with Crippen LogP contribution in [0.5, 0.6) is 0 Å². The molecule has 0 bridgehead atoms. The van der Waals surface area contributed by atoms with E-state index < -0.39 is 6.04 Å². The minimum absolute atomic E-state index is 0.0618. The number of nitrogens with zero attached hydrogens (tertiary/aromatic N) is 2. The zero-order valence-corrected chi connectivity index (χ0v) is 19.5. The van der Waals surface area contributed by atoms with Gasteiger partial charge in [-0.05, 0) is 30.7 Å². The lowest BCUT2D eigenvalue weighted by molar-refractivity contribution is -0.147. The minimum Gasteiger partial charge on any atom is -0.472 e. The van der Waals surface area contributed by atoms with E-state index in [4.69, 9.17) is 9.15 Å². The number of piperidine rings is 1. The van der Waals surface area contributed by atoms with E-state index in [-0.39, 0.29) is 41.6 Å². The third-order valence-electron chi connectivity index (χ3n) is 6.64. The average molecular weight is 479 g/mol. The first kappa shape index (κ1) is 23.6. The molecule has 33 heavy (non-hydrogen) atoms. The highest BCUT2D eigenvalue weighted by atomic mass is 32.2. The predicted octanol–water partition coefficient (Wildman–Crippen LogP) is 0.445.